The van der Waals surface area contributed by atoms with Crippen LogP contribution in [-0.2, 0) is 41.5 Å². The number of esters is 1. The number of ether oxygens (including phenoxy) is 1. The van der Waals surface area contributed by atoms with Crippen LogP contribution in [0.3, 0.4) is 0 Å². The molecule has 0 aliphatic carbocycles. The quantitative estimate of drug-likeness (QED) is 0.235. The Hall–Kier alpha value is -3.40. The van der Waals surface area contributed by atoms with E-state index in [0.29, 0.717) is 12.8 Å². The lowest BCUT2D eigenvalue weighted by Crippen LogP contribution is -2.25. The average molecular weight is 568 g/mol. The highest BCUT2D eigenvalue weighted by Gasteiger charge is 2.33. The first-order valence-electron chi connectivity index (χ1n) is 12.4. The third-order valence-electron chi connectivity index (χ3n) is 5.83. The van der Waals surface area contributed by atoms with Crippen molar-refractivity contribution in [2.75, 3.05) is 5.32 Å². The number of anilines is 1. The number of hydrogen-bond donors (Lipinski definition) is 1. The van der Waals surface area contributed by atoms with E-state index in [4.69, 9.17) is 16.3 Å². The molecule has 1 amide bonds. The molecule has 0 fully saturated rings. The van der Waals surface area contributed by atoms with E-state index in [9.17, 15) is 22.8 Å². The minimum absolute atomic E-state index is 0.0476. The molecule has 0 saturated heterocycles. The number of amides is 1. The number of alkyl halides is 3. The average Bonchev–Trinajstić information content (AvgIpc) is 3.15. The fourth-order valence-electron chi connectivity index (χ4n) is 4.13. The molecule has 1 N–H and O–H groups in total. The Balaban J connectivity index is 1.81. The van der Waals surface area contributed by atoms with Crippen molar-refractivity contribution in [2.45, 2.75) is 72.2 Å². The van der Waals surface area contributed by atoms with Crippen molar-refractivity contribution in [2.24, 2.45) is 0 Å². The van der Waals surface area contributed by atoms with Crippen LogP contribution in [0.2, 0.25) is 5.02 Å². The zero-order valence-corrected chi connectivity index (χ0v) is 23.1. The molecule has 0 saturated carbocycles. The van der Waals surface area contributed by atoms with E-state index in [1.165, 1.54) is 18.2 Å². The van der Waals surface area contributed by atoms with Crippen molar-refractivity contribution >= 4 is 29.2 Å². The highest BCUT2D eigenvalue weighted by Crippen LogP contribution is 2.36. The molecule has 0 bridgehead atoms. The summed E-state index contributed by atoms with van der Waals surface area (Å²) in [5, 5.41) is 6.44. The van der Waals surface area contributed by atoms with Crippen LogP contribution in [0.5, 0.6) is 0 Å². The number of hydrogen-bond acceptors (Lipinski definition) is 4. The first-order chi connectivity index (χ1) is 18.1. The summed E-state index contributed by atoms with van der Waals surface area (Å²) in [6, 6.07) is 6.79. The van der Waals surface area contributed by atoms with E-state index in [-0.39, 0.29) is 35.7 Å². The third-order valence-corrected chi connectivity index (χ3v) is 6.16. The van der Waals surface area contributed by atoms with Crippen molar-refractivity contribution in [3.63, 3.8) is 0 Å². The number of aromatic nitrogens is 2. The molecular formula is C28H30ClF4N3O3. The van der Waals surface area contributed by atoms with E-state index in [1.54, 1.807) is 25.5 Å². The highest BCUT2D eigenvalue weighted by molar-refractivity contribution is 6.31. The predicted octanol–water partition coefficient (Wildman–Crippen LogP) is 7.00. The first kappa shape index (κ1) is 30.1. The number of rotatable bonds is 8. The Morgan fingerprint density at radius 2 is 1.74 bits per heavy atom. The van der Waals surface area contributed by atoms with Crippen LogP contribution in [0.4, 0.5) is 23.2 Å². The van der Waals surface area contributed by atoms with Crippen LogP contribution in [0, 0.1) is 5.82 Å². The number of nitrogens with one attached hydrogen (secondary N) is 1. The molecule has 0 spiro atoms. The van der Waals surface area contributed by atoms with Crippen LogP contribution in [0.25, 0.3) is 0 Å². The van der Waals surface area contributed by atoms with Gasteiger partial charge < -0.3 is 10.1 Å². The molecule has 3 rings (SSSR count). The minimum atomic E-state index is -4.69. The first-order valence-corrected chi connectivity index (χ1v) is 12.8. The van der Waals surface area contributed by atoms with Gasteiger partial charge in [-0.05, 0) is 63.9 Å². The third kappa shape index (κ3) is 7.59. The summed E-state index contributed by atoms with van der Waals surface area (Å²) in [6.45, 7) is 9.25. The molecule has 11 heteroatoms. The molecule has 3 aromatic rings. The highest BCUT2D eigenvalue weighted by atomic mass is 35.5. The standard InChI is InChI=1S/C28H30ClF4N3O3/c1-6-23-19(14-25(37)39-27(3,4)5)24(7-2)36(35-23)15-17-9-8-16(12-22(17)30)26(38)34-18-10-11-21(29)20(13-18)28(31,32)33/h8-13H,6-7,14-15H2,1-5H3,(H,34,38). The number of carbonyl (C=O) groups excluding carboxylic acids is 2. The number of benzene rings is 2. The lowest BCUT2D eigenvalue weighted by molar-refractivity contribution is -0.154. The molecule has 0 aliphatic rings. The van der Waals surface area contributed by atoms with Gasteiger partial charge in [0.2, 0.25) is 0 Å². The summed E-state index contributed by atoms with van der Waals surface area (Å²) in [6.07, 6.45) is -3.53. The number of nitrogens with zero attached hydrogens (tertiary/aromatic N) is 2. The Morgan fingerprint density at radius 1 is 1.05 bits per heavy atom. The van der Waals surface area contributed by atoms with Gasteiger partial charge in [-0.15, -0.1) is 0 Å². The number of carbonyl (C=O) groups is 2. The second kappa shape index (κ2) is 11.8. The minimum Gasteiger partial charge on any atom is -0.460 e. The molecule has 0 unspecified atom stereocenters. The molecule has 39 heavy (non-hydrogen) atoms. The maximum atomic E-state index is 15.1. The van der Waals surface area contributed by atoms with Gasteiger partial charge in [0.1, 0.15) is 11.4 Å². The lowest BCUT2D eigenvalue weighted by Gasteiger charge is -2.19. The van der Waals surface area contributed by atoms with Gasteiger partial charge >= 0.3 is 12.1 Å². The normalized spacial score (nSPS) is 11.9. The van der Waals surface area contributed by atoms with E-state index in [0.717, 1.165) is 35.2 Å². The van der Waals surface area contributed by atoms with Crippen LogP contribution in [0.1, 0.15) is 73.1 Å². The van der Waals surface area contributed by atoms with Crippen molar-refractivity contribution < 1.29 is 31.9 Å². The van der Waals surface area contributed by atoms with Gasteiger partial charge in [-0.25, -0.2) is 4.39 Å². The molecule has 0 aliphatic heterocycles. The summed E-state index contributed by atoms with van der Waals surface area (Å²) in [7, 11) is 0. The number of aryl methyl sites for hydroxylation is 1. The monoisotopic (exact) mass is 567 g/mol. The molecule has 210 valence electrons. The van der Waals surface area contributed by atoms with Gasteiger partial charge in [-0.1, -0.05) is 31.5 Å². The molecule has 1 heterocycles. The van der Waals surface area contributed by atoms with Crippen molar-refractivity contribution in [1.82, 2.24) is 9.78 Å². The number of halogens is 5. The fourth-order valence-corrected chi connectivity index (χ4v) is 4.35. The molecule has 6 nitrogen and oxygen atoms in total. The SMILES string of the molecule is CCc1nn(Cc2ccc(C(=O)Nc3ccc(Cl)c(C(F)(F)F)c3)cc2F)c(CC)c1CC(=O)OC(C)(C)C. The van der Waals surface area contributed by atoms with E-state index in [1.807, 2.05) is 13.8 Å². The zero-order valence-electron chi connectivity index (χ0n) is 22.3. The van der Waals surface area contributed by atoms with Gasteiger partial charge in [0.25, 0.3) is 5.91 Å². The van der Waals surface area contributed by atoms with E-state index in [2.05, 4.69) is 10.4 Å². The molecule has 1 aromatic heterocycles. The van der Waals surface area contributed by atoms with E-state index < -0.39 is 34.1 Å². The maximum absolute atomic E-state index is 15.1. The summed E-state index contributed by atoms with van der Waals surface area (Å²) >= 11 is 5.62. The molecule has 0 radical (unpaired) electrons. The largest absolute Gasteiger partial charge is 0.460 e. The van der Waals surface area contributed by atoms with Crippen LogP contribution >= 0.6 is 11.6 Å². The van der Waals surface area contributed by atoms with Crippen molar-refractivity contribution in [3.05, 3.63) is 80.9 Å². The summed E-state index contributed by atoms with van der Waals surface area (Å²) < 4.78 is 61.5. The lowest BCUT2D eigenvalue weighted by atomic mass is 10.1. The smallest absolute Gasteiger partial charge is 0.417 e. The van der Waals surface area contributed by atoms with Gasteiger partial charge in [0.15, 0.2) is 0 Å². The van der Waals surface area contributed by atoms with Gasteiger partial charge in [-0.3, -0.25) is 14.3 Å². The van der Waals surface area contributed by atoms with Crippen LogP contribution in [0.15, 0.2) is 36.4 Å². The van der Waals surface area contributed by atoms with Gasteiger partial charge in [-0.2, -0.15) is 18.3 Å². The second-order valence-electron chi connectivity index (χ2n) is 9.95. The van der Waals surface area contributed by atoms with Crippen molar-refractivity contribution in [3.8, 4) is 0 Å². The molecule has 0 atom stereocenters. The molecular weight excluding hydrogens is 538 g/mol. The Labute approximate surface area is 229 Å². The summed E-state index contributed by atoms with van der Waals surface area (Å²) in [5.74, 6) is -1.84. The van der Waals surface area contributed by atoms with Crippen molar-refractivity contribution in [1.29, 1.82) is 0 Å². The zero-order chi connectivity index (χ0) is 29.1. The Kier molecular flexibility index (Phi) is 9.10. The van der Waals surface area contributed by atoms with Gasteiger partial charge in [0, 0.05) is 28.1 Å². The summed E-state index contributed by atoms with van der Waals surface area (Å²) in [5.41, 5.74) is 0.583. The summed E-state index contributed by atoms with van der Waals surface area (Å²) in [4.78, 5) is 25.1. The predicted molar refractivity (Wildman–Crippen MR) is 140 cm³/mol. The maximum Gasteiger partial charge on any atom is 0.417 e. The topological polar surface area (TPSA) is 73.2 Å². The fraction of sp³-hybridized carbons (Fsp3) is 0.393. The van der Waals surface area contributed by atoms with Crippen LogP contribution in [-0.4, -0.2) is 27.3 Å². The second-order valence-corrected chi connectivity index (χ2v) is 10.4. The van der Waals surface area contributed by atoms with E-state index >= 15 is 4.39 Å². The van der Waals surface area contributed by atoms with Gasteiger partial charge in [0.05, 0.1) is 29.2 Å². The molecule has 2 aromatic carbocycles. The Bertz CT molecular complexity index is 1380. The Morgan fingerprint density at radius 3 is 2.31 bits per heavy atom. The van der Waals surface area contributed by atoms with Crippen LogP contribution < -0.4 is 5.32 Å².